The summed E-state index contributed by atoms with van der Waals surface area (Å²) in [5, 5.41) is 48.6. The van der Waals surface area contributed by atoms with Crippen molar-refractivity contribution >= 4 is 40.0 Å². The SMILES string of the molecule is COC1/C=C\OC2(C)Oc3c(C)c(O)c4c(O)c(cc(OCC(=O)N5CCCCCC5)c4c3C2=O)NC(=O)/C(C)=C\C=C/C(C)C(O)C(C)C(O)C(C)C(OC(C)=O)C1C. The van der Waals surface area contributed by atoms with Crippen molar-refractivity contribution in [2.75, 3.05) is 32.1 Å². The predicted molar refractivity (Wildman–Crippen MR) is 223 cm³/mol. The predicted octanol–water partition coefficient (Wildman–Crippen LogP) is 5.83. The molecule has 1 fully saturated rings. The number of hydrogen-bond acceptors (Lipinski definition) is 13. The highest BCUT2D eigenvalue weighted by atomic mass is 16.7. The van der Waals surface area contributed by atoms with Gasteiger partial charge in [0.1, 0.15) is 23.4 Å². The van der Waals surface area contributed by atoms with Crippen molar-refractivity contribution in [3.05, 3.63) is 53.3 Å². The minimum atomic E-state index is -2.02. The van der Waals surface area contributed by atoms with E-state index in [2.05, 4.69) is 5.32 Å². The maximum atomic E-state index is 14.5. The molecule has 0 saturated carbocycles. The number of nitrogens with one attached hydrogen (secondary N) is 1. The van der Waals surface area contributed by atoms with Crippen LogP contribution in [0.2, 0.25) is 0 Å². The lowest BCUT2D eigenvalue weighted by atomic mass is 9.78. The molecule has 0 spiro atoms. The fraction of sp³-hybridized carbons (Fsp3) is 0.556. The molecule has 328 valence electrons. The van der Waals surface area contributed by atoms with Gasteiger partial charge in [-0.1, -0.05) is 58.8 Å². The van der Waals surface area contributed by atoms with Crippen molar-refractivity contribution in [1.82, 2.24) is 4.90 Å². The Bertz CT molecular complexity index is 2050. The van der Waals surface area contributed by atoms with E-state index in [1.54, 1.807) is 44.7 Å². The Morgan fingerprint density at radius 3 is 2.23 bits per heavy atom. The number of likely N-dealkylation sites (tertiary alicyclic amines) is 1. The van der Waals surface area contributed by atoms with Gasteiger partial charge in [0, 0.05) is 80.3 Å². The molecule has 0 radical (unpaired) electrons. The van der Waals surface area contributed by atoms with Gasteiger partial charge in [-0.15, -0.1) is 0 Å². The van der Waals surface area contributed by atoms with Crippen LogP contribution in [0, 0.1) is 30.6 Å². The Morgan fingerprint density at radius 1 is 0.933 bits per heavy atom. The monoisotopic (exact) mass is 836 g/mol. The lowest BCUT2D eigenvalue weighted by Gasteiger charge is -2.38. The summed E-state index contributed by atoms with van der Waals surface area (Å²) in [6, 6.07) is 1.29. The Kier molecular flexibility index (Phi) is 14.6. The fourth-order valence-electron chi connectivity index (χ4n) is 8.30. The van der Waals surface area contributed by atoms with Crippen LogP contribution in [0.1, 0.15) is 90.1 Å². The molecule has 9 unspecified atom stereocenters. The zero-order chi connectivity index (χ0) is 44.2. The second-order valence-electron chi connectivity index (χ2n) is 16.5. The summed E-state index contributed by atoms with van der Waals surface area (Å²) in [6.07, 6.45) is 7.37. The maximum absolute atomic E-state index is 14.5. The van der Waals surface area contributed by atoms with E-state index in [-0.39, 0.29) is 50.6 Å². The van der Waals surface area contributed by atoms with E-state index in [1.807, 2.05) is 0 Å². The number of anilines is 1. The number of esters is 1. The number of ketones is 1. The first-order valence-corrected chi connectivity index (χ1v) is 20.6. The third-order valence-corrected chi connectivity index (χ3v) is 12.1. The number of hydrogen-bond donors (Lipinski definition) is 5. The number of ether oxygens (including phenoxy) is 5. The standard InChI is InChI=1S/C45H60N2O13/c1-23-15-14-16-24(2)44(55)46-30-21-32(57-22-33(49)47-18-12-10-11-13-19-47)34-35(40(30)53)39(52)28(6)42-36(34)43(54)45(8,60-42)58-20-17-31(56-9)25(3)41(59-29(7)48)27(5)38(51)26(4)37(23)50/h14-17,20-21,23,25-27,31,37-38,41,50-53H,10-13,18-19,22H2,1-9H3,(H,46,55)/b15-14-,20-17-,24-16-. The molecule has 15 heteroatoms. The lowest BCUT2D eigenvalue weighted by Crippen LogP contribution is -2.46. The number of carbonyl (C=O) groups is 4. The second kappa shape index (κ2) is 19.1. The van der Waals surface area contributed by atoms with Crippen molar-refractivity contribution in [3.8, 4) is 23.0 Å². The average molecular weight is 837 g/mol. The topological polar surface area (TPSA) is 211 Å². The molecule has 5 N–H and O–H groups in total. The minimum absolute atomic E-state index is 0.0446. The molecule has 60 heavy (non-hydrogen) atoms. The summed E-state index contributed by atoms with van der Waals surface area (Å²) in [5.74, 6) is -7.83. The second-order valence-corrected chi connectivity index (χ2v) is 16.5. The van der Waals surface area contributed by atoms with E-state index >= 15 is 0 Å². The van der Waals surface area contributed by atoms with Crippen LogP contribution >= 0.6 is 0 Å². The summed E-state index contributed by atoms with van der Waals surface area (Å²) in [6.45, 7) is 13.3. The summed E-state index contributed by atoms with van der Waals surface area (Å²) >= 11 is 0. The fourth-order valence-corrected chi connectivity index (χ4v) is 8.30. The number of aromatic hydroxyl groups is 2. The number of allylic oxidation sites excluding steroid dienone is 2. The molecule has 2 aromatic rings. The quantitative estimate of drug-likeness (QED) is 0.178. The van der Waals surface area contributed by atoms with Gasteiger partial charge >= 0.3 is 11.8 Å². The number of benzene rings is 2. The first-order chi connectivity index (χ1) is 28.3. The van der Waals surface area contributed by atoms with Crippen molar-refractivity contribution in [2.45, 2.75) is 111 Å². The average Bonchev–Trinajstić information content (AvgIpc) is 3.35. The Morgan fingerprint density at radius 2 is 1.60 bits per heavy atom. The van der Waals surface area contributed by atoms with Gasteiger partial charge in [-0.05, 0) is 32.8 Å². The molecule has 9 atom stereocenters. The smallest absolute Gasteiger partial charge is 0.312 e. The van der Waals surface area contributed by atoms with E-state index in [9.17, 15) is 39.6 Å². The Hall–Kier alpha value is -5.12. The van der Waals surface area contributed by atoms with Crippen LogP contribution < -0.4 is 14.8 Å². The van der Waals surface area contributed by atoms with E-state index in [0.717, 1.165) is 25.7 Å². The molecule has 4 heterocycles. The molecule has 15 nitrogen and oxygen atoms in total. The Balaban J connectivity index is 1.66. The minimum Gasteiger partial charge on any atom is -0.507 e. The molecular weight excluding hydrogens is 776 g/mol. The number of methoxy groups -OCH3 is 1. The summed E-state index contributed by atoms with van der Waals surface area (Å²) < 4.78 is 29.9. The van der Waals surface area contributed by atoms with Gasteiger partial charge in [0.05, 0.1) is 41.2 Å². The molecular formula is C45H60N2O13. The number of amides is 2. The van der Waals surface area contributed by atoms with Crippen molar-refractivity contribution in [2.24, 2.45) is 23.7 Å². The van der Waals surface area contributed by atoms with Gasteiger partial charge in [0.2, 0.25) is 0 Å². The Labute approximate surface area is 351 Å². The third kappa shape index (κ3) is 9.43. The first kappa shape index (κ1) is 46.0. The van der Waals surface area contributed by atoms with E-state index < -0.39 is 89.6 Å². The van der Waals surface area contributed by atoms with E-state index in [4.69, 9.17) is 23.7 Å². The number of carbonyl (C=O) groups excluding carboxylic acids is 4. The van der Waals surface area contributed by atoms with E-state index in [0.29, 0.717) is 13.1 Å². The largest absolute Gasteiger partial charge is 0.507 e. The molecule has 4 aliphatic heterocycles. The van der Waals surface area contributed by atoms with Gasteiger partial charge in [0.15, 0.2) is 12.4 Å². The molecule has 0 aliphatic carbocycles. The number of phenolic OH excluding ortho intramolecular Hbond substituents is 2. The van der Waals surface area contributed by atoms with Crippen LogP contribution in [-0.2, 0) is 28.6 Å². The van der Waals surface area contributed by atoms with Crippen LogP contribution in [0.25, 0.3) is 10.8 Å². The number of rotatable bonds is 5. The third-order valence-electron chi connectivity index (χ3n) is 12.1. The van der Waals surface area contributed by atoms with Gasteiger partial charge < -0.3 is 54.3 Å². The number of aliphatic hydroxyl groups excluding tert-OH is 2. The molecule has 6 rings (SSSR count). The van der Waals surface area contributed by atoms with Gasteiger partial charge in [-0.25, -0.2) is 0 Å². The molecule has 5 bridgehead atoms. The summed E-state index contributed by atoms with van der Waals surface area (Å²) in [7, 11) is 1.44. The lowest BCUT2D eigenvalue weighted by molar-refractivity contribution is -0.160. The highest BCUT2D eigenvalue weighted by Gasteiger charge is 2.50. The summed E-state index contributed by atoms with van der Waals surface area (Å²) in [5.41, 5.74) is 0.0423. The van der Waals surface area contributed by atoms with Crippen molar-refractivity contribution < 1.29 is 63.3 Å². The zero-order valence-corrected chi connectivity index (χ0v) is 35.9. The van der Waals surface area contributed by atoms with Crippen LogP contribution in [0.5, 0.6) is 23.0 Å². The van der Waals surface area contributed by atoms with Gasteiger partial charge in [-0.2, -0.15) is 0 Å². The van der Waals surface area contributed by atoms with Crippen LogP contribution in [0.15, 0.2) is 42.2 Å². The van der Waals surface area contributed by atoms with Crippen LogP contribution in [0.3, 0.4) is 0 Å². The highest BCUT2D eigenvalue weighted by molar-refractivity contribution is 6.21. The normalized spacial score (nSPS) is 31.3. The zero-order valence-electron chi connectivity index (χ0n) is 35.9. The maximum Gasteiger partial charge on any atom is 0.312 e. The molecule has 2 aromatic carbocycles. The number of nitrogens with zero attached hydrogens (tertiary/aromatic N) is 1. The number of fused-ring (bicyclic) bond motifs is 14. The van der Waals surface area contributed by atoms with Gasteiger partial charge in [0.25, 0.3) is 17.6 Å². The van der Waals surface area contributed by atoms with E-state index in [1.165, 1.54) is 59.3 Å². The molecule has 4 aliphatic rings. The molecule has 1 saturated heterocycles. The summed E-state index contributed by atoms with van der Waals surface area (Å²) in [4.78, 5) is 55.6. The van der Waals surface area contributed by atoms with Crippen molar-refractivity contribution in [1.29, 1.82) is 0 Å². The number of Topliss-reactive ketones (excluding diaryl/α,β-unsaturated/α-hetero) is 1. The van der Waals surface area contributed by atoms with Gasteiger partial charge in [-0.3, -0.25) is 19.2 Å². The number of phenols is 2. The van der Waals surface area contributed by atoms with Crippen LogP contribution in [0.4, 0.5) is 5.69 Å². The number of aliphatic hydroxyl groups is 2. The highest BCUT2D eigenvalue weighted by Crippen LogP contribution is 2.54. The first-order valence-electron chi connectivity index (χ1n) is 20.6. The molecule has 0 aromatic heterocycles. The molecule has 2 amide bonds. The van der Waals surface area contributed by atoms with Crippen LogP contribution in [-0.4, -0.2) is 106 Å². The van der Waals surface area contributed by atoms with Crippen molar-refractivity contribution in [3.63, 3.8) is 0 Å².